The van der Waals surface area contributed by atoms with Crippen molar-refractivity contribution in [1.82, 2.24) is 0 Å². The van der Waals surface area contributed by atoms with Crippen molar-refractivity contribution in [3.05, 3.63) is 154 Å². The number of benzene rings is 4. The summed E-state index contributed by atoms with van der Waals surface area (Å²) in [5.74, 6) is -2.39. The second-order valence-corrected chi connectivity index (χ2v) is 23.5. The van der Waals surface area contributed by atoms with Gasteiger partial charge in [0.1, 0.15) is 38.6 Å². The summed E-state index contributed by atoms with van der Waals surface area (Å²) in [4.78, 5) is 55.0. The summed E-state index contributed by atoms with van der Waals surface area (Å²) in [5.41, 5.74) is 4.61. The molecule has 0 bridgehead atoms. The smallest absolute Gasteiger partial charge is 0.378 e. The van der Waals surface area contributed by atoms with E-state index in [1.165, 1.54) is 77.0 Å². The molecular formula is C72H102N2O14. The summed E-state index contributed by atoms with van der Waals surface area (Å²) in [6.07, 6.45) is 13.5. The van der Waals surface area contributed by atoms with E-state index in [0.29, 0.717) is 34.8 Å². The molecule has 88 heavy (non-hydrogen) atoms. The molecule has 4 aromatic rings. The standard InChI is InChI=1S/C43H57NO7.C29H45NO7/c1-5-9-17-32(7-3)27-44(28-33(8-4)18-10-6-2)37-25-23-36(24-26-37)42(46)50-31-38(45)39-40(48-29-34-19-13-11-14-20-34)41(43(47)51-39)49-30-35-21-15-12-16-22-35;1-5-9-11-20(7-3)17-30(18-21(8-4)12-10-6-2)23-15-13-22(14-16-23)28(34)36-19-24(31)27-25(32)26(33)29(35)37-27/h11-16,19-26,32-33,38-39,45H,5-10,17-18,27-31H2,1-4H3;13-16,20-21,24,27,31-33H,5-12,17-19H2,1-4H3/t32?,33?,38-,39+;20?,21?,24-,27+/m00/s1. The summed E-state index contributed by atoms with van der Waals surface area (Å²) in [6.45, 7) is 21.3. The van der Waals surface area contributed by atoms with Gasteiger partial charge in [0.05, 0.1) is 11.1 Å². The highest BCUT2D eigenvalue weighted by atomic mass is 16.6. The maximum atomic E-state index is 13.2. The number of aliphatic hydroxyl groups excluding tert-OH is 4. The van der Waals surface area contributed by atoms with Crippen LogP contribution < -0.4 is 9.80 Å². The molecule has 0 amide bonds. The average molecular weight is 1220 g/mol. The van der Waals surface area contributed by atoms with Crippen LogP contribution in [0.15, 0.2) is 132 Å². The lowest BCUT2D eigenvalue weighted by atomic mass is 9.95. The molecule has 0 aromatic heterocycles. The van der Waals surface area contributed by atoms with Crippen molar-refractivity contribution >= 4 is 35.3 Å². The first-order valence-corrected chi connectivity index (χ1v) is 32.6. The molecule has 2 aliphatic rings. The number of nitrogens with zero attached hydrogens (tertiary/aromatic N) is 2. The molecule has 0 spiro atoms. The van der Waals surface area contributed by atoms with Gasteiger partial charge >= 0.3 is 23.9 Å². The van der Waals surface area contributed by atoms with Crippen molar-refractivity contribution in [3.63, 3.8) is 0 Å². The molecule has 16 nitrogen and oxygen atoms in total. The van der Waals surface area contributed by atoms with Crippen molar-refractivity contribution < 1.29 is 68.0 Å². The van der Waals surface area contributed by atoms with Crippen LogP contribution in [0.25, 0.3) is 0 Å². The van der Waals surface area contributed by atoms with E-state index < -0.39 is 73.0 Å². The van der Waals surface area contributed by atoms with Gasteiger partial charge in [-0.05, 0) is 109 Å². The van der Waals surface area contributed by atoms with Crippen molar-refractivity contribution in [3.8, 4) is 0 Å². The van der Waals surface area contributed by atoms with Gasteiger partial charge in [-0.2, -0.15) is 0 Å². The maximum Gasteiger partial charge on any atom is 0.378 e. The first-order valence-electron chi connectivity index (χ1n) is 32.6. The van der Waals surface area contributed by atoms with Gasteiger partial charge < -0.3 is 58.6 Å². The zero-order valence-electron chi connectivity index (χ0n) is 53.7. The summed E-state index contributed by atoms with van der Waals surface area (Å²) in [5, 5.41) is 40.4. The third kappa shape index (κ3) is 22.8. The number of aliphatic hydroxyl groups is 4. The molecule has 16 heteroatoms. The highest BCUT2D eigenvalue weighted by Gasteiger charge is 2.43. The van der Waals surface area contributed by atoms with Gasteiger partial charge in [-0.15, -0.1) is 0 Å². The van der Waals surface area contributed by atoms with Crippen LogP contribution in [0.5, 0.6) is 0 Å². The minimum atomic E-state index is -1.50. The molecule has 2 aliphatic heterocycles. The highest BCUT2D eigenvalue weighted by Crippen LogP contribution is 2.31. The van der Waals surface area contributed by atoms with E-state index in [-0.39, 0.29) is 24.7 Å². The fourth-order valence-corrected chi connectivity index (χ4v) is 10.9. The lowest BCUT2D eigenvalue weighted by Crippen LogP contribution is -2.34. The molecule has 2 heterocycles. The molecule has 4 unspecified atom stereocenters. The monoisotopic (exact) mass is 1220 g/mol. The highest BCUT2D eigenvalue weighted by molar-refractivity contribution is 5.91. The van der Waals surface area contributed by atoms with Crippen molar-refractivity contribution in [2.24, 2.45) is 23.7 Å². The number of esters is 4. The Morgan fingerprint density at radius 2 is 0.830 bits per heavy atom. The van der Waals surface area contributed by atoms with Gasteiger partial charge in [-0.3, -0.25) is 0 Å². The molecule has 0 saturated carbocycles. The molecule has 484 valence electrons. The Morgan fingerprint density at radius 3 is 1.17 bits per heavy atom. The topological polar surface area (TPSA) is 211 Å². The van der Waals surface area contributed by atoms with Gasteiger partial charge in [0.2, 0.25) is 11.5 Å². The Bertz CT molecular complexity index is 2700. The predicted octanol–water partition coefficient (Wildman–Crippen LogP) is 14.7. The third-order valence-electron chi connectivity index (χ3n) is 16.8. The van der Waals surface area contributed by atoms with E-state index >= 15 is 0 Å². The van der Waals surface area contributed by atoms with Crippen LogP contribution in [-0.2, 0) is 51.2 Å². The normalized spacial score (nSPS) is 16.8. The molecule has 8 atom stereocenters. The van der Waals surface area contributed by atoms with Crippen LogP contribution in [-0.4, -0.2) is 108 Å². The van der Waals surface area contributed by atoms with Crippen molar-refractivity contribution in [2.45, 2.75) is 196 Å². The lowest BCUT2D eigenvalue weighted by molar-refractivity contribution is -0.149. The van der Waals surface area contributed by atoms with E-state index in [0.717, 1.165) is 74.4 Å². The number of ether oxygens (including phenoxy) is 6. The first kappa shape index (κ1) is 71.7. The Balaban J connectivity index is 0.000000338. The van der Waals surface area contributed by atoms with Gasteiger partial charge in [-0.1, -0.05) is 193 Å². The molecule has 4 aromatic carbocycles. The third-order valence-corrected chi connectivity index (χ3v) is 16.8. The SMILES string of the molecule is CCCCC(CC)CN(CC(CC)CCCC)c1ccc(C(=O)OC[C@H](O)[C@H]2OC(=O)C(O)=C2O)cc1.CCCCC(CC)CN(CC(CC)CCCC)c1ccc(C(=O)OC[C@H](O)[C@H]2OC(=O)C(OCc3ccccc3)=C2OCc2ccccc2)cc1. The quantitative estimate of drug-likeness (QED) is 0.0241. The van der Waals surface area contributed by atoms with E-state index in [4.69, 9.17) is 28.4 Å². The number of anilines is 2. The molecule has 0 fully saturated rings. The first-order chi connectivity index (χ1) is 42.6. The molecule has 4 N–H and O–H groups in total. The van der Waals surface area contributed by atoms with Gasteiger partial charge in [-0.25, -0.2) is 19.2 Å². The van der Waals surface area contributed by atoms with Crippen LogP contribution in [0.1, 0.15) is 190 Å². The van der Waals surface area contributed by atoms with Crippen molar-refractivity contribution in [1.29, 1.82) is 0 Å². The van der Waals surface area contributed by atoms with E-state index in [2.05, 4.69) is 65.2 Å². The van der Waals surface area contributed by atoms with E-state index in [1.807, 2.05) is 84.9 Å². The van der Waals surface area contributed by atoms with Gasteiger partial charge in [0.25, 0.3) is 0 Å². The minimum Gasteiger partial charge on any atom is -0.505 e. The van der Waals surface area contributed by atoms with Crippen LogP contribution in [0.2, 0.25) is 0 Å². The zero-order valence-corrected chi connectivity index (χ0v) is 53.7. The van der Waals surface area contributed by atoms with Crippen LogP contribution in [0.3, 0.4) is 0 Å². The van der Waals surface area contributed by atoms with Crippen LogP contribution in [0.4, 0.5) is 11.4 Å². The second-order valence-electron chi connectivity index (χ2n) is 23.5. The molecule has 0 aliphatic carbocycles. The number of unbranched alkanes of at least 4 members (excludes halogenated alkanes) is 4. The predicted molar refractivity (Wildman–Crippen MR) is 345 cm³/mol. The van der Waals surface area contributed by atoms with E-state index in [9.17, 15) is 39.6 Å². The number of hydrogen-bond acceptors (Lipinski definition) is 16. The molecule has 0 saturated heterocycles. The largest absolute Gasteiger partial charge is 0.505 e. The van der Waals surface area contributed by atoms with Crippen molar-refractivity contribution in [2.75, 3.05) is 49.2 Å². The fraction of sp³-hybridized carbons (Fsp3) is 0.556. The minimum absolute atomic E-state index is 0.0708. The number of rotatable bonds is 40. The average Bonchev–Trinajstić information content (AvgIpc) is 4.00. The van der Waals surface area contributed by atoms with E-state index in [1.54, 1.807) is 24.3 Å². The maximum absolute atomic E-state index is 13.2. The van der Waals surface area contributed by atoms with Crippen LogP contribution in [0, 0.1) is 23.7 Å². The molecular weight excluding hydrogens is 1120 g/mol. The Labute approximate surface area is 524 Å². The summed E-state index contributed by atoms with van der Waals surface area (Å²) in [7, 11) is 0. The Morgan fingerprint density at radius 1 is 0.477 bits per heavy atom. The summed E-state index contributed by atoms with van der Waals surface area (Å²) >= 11 is 0. The molecule has 6 rings (SSSR count). The Hall–Kier alpha value is -7.04. The summed E-state index contributed by atoms with van der Waals surface area (Å²) in [6, 6.07) is 33.8. The zero-order chi connectivity index (χ0) is 63.8. The number of carbonyl (C=O) groups is 4. The fourth-order valence-electron chi connectivity index (χ4n) is 10.9. The number of cyclic esters (lactones) is 2. The van der Waals surface area contributed by atoms with Crippen LogP contribution >= 0.6 is 0 Å². The number of hydrogen-bond donors (Lipinski definition) is 4. The Kier molecular flexibility index (Phi) is 31.8. The van der Waals surface area contributed by atoms with Gasteiger partial charge in [0, 0.05) is 37.6 Å². The van der Waals surface area contributed by atoms with Gasteiger partial charge in [0.15, 0.2) is 23.7 Å². The lowest BCUT2D eigenvalue weighted by Gasteiger charge is -2.32. The number of carbonyl (C=O) groups excluding carboxylic acids is 4. The summed E-state index contributed by atoms with van der Waals surface area (Å²) < 4.78 is 32.8. The molecule has 0 radical (unpaired) electrons. The second kappa shape index (κ2) is 39.1.